The van der Waals surface area contributed by atoms with Gasteiger partial charge < -0.3 is 15.2 Å². The number of carbonyl (C=O) groups is 1. The summed E-state index contributed by atoms with van der Waals surface area (Å²) in [7, 11) is 1.27. The summed E-state index contributed by atoms with van der Waals surface area (Å²) in [5.74, 6) is 0.0756. The van der Waals surface area contributed by atoms with E-state index < -0.39 is 5.97 Å². The number of methoxy groups -OCH3 is 1. The van der Waals surface area contributed by atoms with Crippen molar-refractivity contribution in [2.24, 2.45) is 0 Å². The number of aryl methyl sites for hydroxylation is 1. The van der Waals surface area contributed by atoms with Crippen LogP contribution < -0.4 is 10.5 Å². The maximum absolute atomic E-state index is 11.3. The topological polar surface area (TPSA) is 87.3 Å². The van der Waals surface area contributed by atoms with Crippen molar-refractivity contribution in [1.29, 1.82) is 0 Å². The quantitative estimate of drug-likeness (QED) is 0.669. The molecule has 1 aromatic heterocycles. The predicted octanol–water partition coefficient (Wildman–Crippen LogP) is 1.95. The van der Waals surface area contributed by atoms with Gasteiger partial charge in [0.25, 0.3) is 0 Å². The van der Waals surface area contributed by atoms with Crippen LogP contribution in [0, 0.1) is 6.92 Å². The van der Waals surface area contributed by atoms with Gasteiger partial charge in [0, 0.05) is 0 Å². The minimum Gasteiger partial charge on any atom is -0.464 e. The average Bonchev–Trinajstić information content (AvgIpc) is 2.43. The lowest BCUT2D eigenvalue weighted by Crippen LogP contribution is -2.06. The SMILES string of the molecule is COC(=O)c1cncc(Oc2cccc(C)c2N)n1. The monoisotopic (exact) mass is 259 g/mol. The number of nitrogens with zero attached hydrogens (tertiary/aromatic N) is 2. The van der Waals surface area contributed by atoms with Crippen molar-refractivity contribution in [3.8, 4) is 11.6 Å². The van der Waals surface area contributed by atoms with E-state index in [4.69, 9.17) is 10.5 Å². The number of benzene rings is 1. The second-order valence-electron chi connectivity index (χ2n) is 3.82. The van der Waals surface area contributed by atoms with Crippen LogP contribution in [0.2, 0.25) is 0 Å². The number of anilines is 1. The standard InChI is InChI=1S/C13H13N3O3/c1-8-4-3-5-10(12(8)14)19-11-7-15-6-9(16-11)13(17)18-2/h3-7H,14H2,1-2H3. The van der Waals surface area contributed by atoms with Crippen molar-refractivity contribution in [3.05, 3.63) is 41.9 Å². The number of hydrogen-bond acceptors (Lipinski definition) is 6. The highest BCUT2D eigenvalue weighted by Crippen LogP contribution is 2.28. The van der Waals surface area contributed by atoms with Gasteiger partial charge in [0.2, 0.25) is 5.88 Å². The summed E-state index contributed by atoms with van der Waals surface area (Å²) in [6.45, 7) is 1.87. The first-order valence-electron chi connectivity index (χ1n) is 5.55. The van der Waals surface area contributed by atoms with Crippen molar-refractivity contribution in [1.82, 2.24) is 9.97 Å². The molecule has 98 valence electrons. The zero-order chi connectivity index (χ0) is 13.8. The molecule has 2 N–H and O–H groups in total. The van der Waals surface area contributed by atoms with E-state index in [9.17, 15) is 4.79 Å². The first-order valence-corrected chi connectivity index (χ1v) is 5.55. The van der Waals surface area contributed by atoms with Crippen LogP contribution in [0.25, 0.3) is 0 Å². The molecule has 0 aliphatic rings. The Morgan fingerprint density at radius 2 is 2.11 bits per heavy atom. The summed E-state index contributed by atoms with van der Waals surface area (Å²) in [5.41, 5.74) is 7.38. The lowest BCUT2D eigenvalue weighted by Gasteiger charge is -2.09. The van der Waals surface area contributed by atoms with Crippen LogP contribution in [0.3, 0.4) is 0 Å². The number of hydrogen-bond donors (Lipinski definition) is 1. The smallest absolute Gasteiger partial charge is 0.358 e. The molecular formula is C13H13N3O3. The van der Waals surface area contributed by atoms with Gasteiger partial charge in [-0.05, 0) is 18.6 Å². The number of ether oxygens (including phenoxy) is 2. The Kier molecular flexibility index (Phi) is 3.61. The molecule has 0 bridgehead atoms. The van der Waals surface area contributed by atoms with Crippen LogP contribution in [-0.4, -0.2) is 23.0 Å². The van der Waals surface area contributed by atoms with E-state index in [1.165, 1.54) is 19.5 Å². The highest BCUT2D eigenvalue weighted by atomic mass is 16.5. The molecule has 0 aliphatic heterocycles. The second kappa shape index (κ2) is 5.34. The normalized spacial score (nSPS) is 10.0. The minimum atomic E-state index is -0.574. The Labute approximate surface area is 110 Å². The maximum Gasteiger partial charge on any atom is 0.358 e. The third-order valence-electron chi connectivity index (χ3n) is 2.51. The lowest BCUT2D eigenvalue weighted by atomic mass is 10.2. The number of rotatable bonds is 3. The fourth-order valence-corrected chi connectivity index (χ4v) is 1.46. The molecule has 6 heteroatoms. The highest BCUT2D eigenvalue weighted by Gasteiger charge is 2.11. The van der Waals surface area contributed by atoms with Crippen LogP contribution in [0.15, 0.2) is 30.6 Å². The van der Waals surface area contributed by atoms with Gasteiger partial charge in [-0.15, -0.1) is 0 Å². The first kappa shape index (κ1) is 12.8. The Morgan fingerprint density at radius 3 is 2.84 bits per heavy atom. The summed E-state index contributed by atoms with van der Waals surface area (Å²) in [4.78, 5) is 19.2. The van der Waals surface area contributed by atoms with Gasteiger partial charge in [-0.2, -0.15) is 0 Å². The number of carbonyl (C=O) groups excluding carboxylic acids is 1. The van der Waals surface area contributed by atoms with Crippen LogP contribution in [0.1, 0.15) is 16.1 Å². The number of esters is 1. The van der Waals surface area contributed by atoms with E-state index in [0.29, 0.717) is 11.4 Å². The van der Waals surface area contributed by atoms with Crippen molar-refractivity contribution < 1.29 is 14.3 Å². The third-order valence-corrected chi connectivity index (χ3v) is 2.51. The Hall–Kier alpha value is -2.63. The fourth-order valence-electron chi connectivity index (χ4n) is 1.46. The van der Waals surface area contributed by atoms with E-state index in [0.717, 1.165) is 5.56 Å². The van der Waals surface area contributed by atoms with Crippen molar-refractivity contribution in [3.63, 3.8) is 0 Å². The molecule has 0 radical (unpaired) electrons. The summed E-state index contributed by atoms with van der Waals surface area (Å²) >= 11 is 0. The van der Waals surface area contributed by atoms with E-state index >= 15 is 0 Å². The highest BCUT2D eigenvalue weighted by molar-refractivity contribution is 5.86. The fraction of sp³-hybridized carbons (Fsp3) is 0.154. The Bertz CT molecular complexity index is 614. The maximum atomic E-state index is 11.3. The summed E-state index contributed by atoms with van der Waals surface area (Å²) in [5, 5.41) is 0. The number of para-hydroxylation sites is 1. The van der Waals surface area contributed by atoms with E-state index in [1.807, 2.05) is 19.1 Å². The second-order valence-corrected chi connectivity index (χ2v) is 3.82. The molecule has 0 fully saturated rings. The molecule has 0 atom stereocenters. The van der Waals surface area contributed by atoms with Crippen LogP contribution in [-0.2, 0) is 4.74 Å². The van der Waals surface area contributed by atoms with Gasteiger partial charge in [0.1, 0.15) is 0 Å². The molecule has 0 amide bonds. The zero-order valence-corrected chi connectivity index (χ0v) is 10.6. The molecule has 19 heavy (non-hydrogen) atoms. The summed E-state index contributed by atoms with van der Waals surface area (Å²) < 4.78 is 10.1. The predicted molar refractivity (Wildman–Crippen MR) is 69.0 cm³/mol. The van der Waals surface area contributed by atoms with Gasteiger partial charge in [-0.25, -0.2) is 9.78 Å². The molecular weight excluding hydrogens is 246 g/mol. The van der Waals surface area contributed by atoms with Gasteiger partial charge >= 0.3 is 5.97 Å². The largest absolute Gasteiger partial charge is 0.464 e. The average molecular weight is 259 g/mol. The van der Waals surface area contributed by atoms with Crippen molar-refractivity contribution in [2.75, 3.05) is 12.8 Å². The lowest BCUT2D eigenvalue weighted by molar-refractivity contribution is 0.0592. The van der Waals surface area contributed by atoms with Crippen molar-refractivity contribution in [2.45, 2.75) is 6.92 Å². The van der Waals surface area contributed by atoms with Gasteiger partial charge in [0.05, 0.1) is 25.2 Å². The molecule has 2 rings (SSSR count). The Balaban J connectivity index is 2.28. The van der Waals surface area contributed by atoms with Gasteiger partial charge in [-0.3, -0.25) is 4.98 Å². The summed E-state index contributed by atoms with van der Waals surface area (Å²) in [6.07, 6.45) is 2.70. The van der Waals surface area contributed by atoms with Crippen molar-refractivity contribution >= 4 is 11.7 Å². The molecule has 0 aliphatic carbocycles. The van der Waals surface area contributed by atoms with Crippen LogP contribution >= 0.6 is 0 Å². The molecule has 0 saturated heterocycles. The minimum absolute atomic E-state index is 0.0752. The molecule has 1 aromatic carbocycles. The third kappa shape index (κ3) is 2.79. The van der Waals surface area contributed by atoms with Crippen LogP contribution in [0.4, 0.5) is 5.69 Å². The molecule has 0 unspecified atom stereocenters. The van der Waals surface area contributed by atoms with Gasteiger partial charge in [-0.1, -0.05) is 12.1 Å². The van der Waals surface area contributed by atoms with E-state index in [2.05, 4.69) is 14.7 Å². The number of nitrogens with two attached hydrogens (primary N) is 1. The number of aromatic nitrogens is 2. The molecule has 2 aromatic rings. The Morgan fingerprint density at radius 1 is 1.32 bits per heavy atom. The first-order chi connectivity index (χ1) is 9.11. The molecule has 6 nitrogen and oxygen atoms in total. The van der Waals surface area contributed by atoms with Gasteiger partial charge in [0.15, 0.2) is 11.4 Å². The van der Waals surface area contributed by atoms with E-state index in [-0.39, 0.29) is 11.6 Å². The molecule has 1 heterocycles. The summed E-state index contributed by atoms with van der Waals surface area (Å²) in [6, 6.07) is 5.41. The number of nitrogen functional groups attached to an aromatic ring is 1. The van der Waals surface area contributed by atoms with Crippen LogP contribution in [0.5, 0.6) is 11.6 Å². The van der Waals surface area contributed by atoms with E-state index in [1.54, 1.807) is 6.07 Å². The molecule has 0 saturated carbocycles. The molecule has 0 spiro atoms. The zero-order valence-electron chi connectivity index (χ0n) is 10.6.